The van der Waals surface area contributed by atoms with Gasteiger partial charge in [-0.05, 0) is 35.9 Å². The van der Waals surface area contributed by atoms with Crippen LogP contribution < -0.4 is 10.5 Å². The number of rotatable bonds is 4. The van der Waals surface area contributed by atoms with Gasteiger partial charge in [-0.3, -0.25) is 9.78 Å². The molecule has 4 rings (SSSR count). The molecule has 2 heterocycles. The van der Waals surface area contributed by atoms with E-state index in [1.165, 1.54) is 6.33 Å². The van der Waals surface area contributed by atoms with Crippen molar-refractivity contribution in [1.82, 2.24) is 15.0 Å². The van der Waals surface area contributed by atoms with Crippen LogP contribution in [0, 0.1) is 0 Å². The Morgan fingerprint density at radius 1 is 0.926 bits per heavy atom. The van der Waals surface area contributed by atoms with E-state index in [9.17, 15) is 4.79 Å². The molecule has 0 atom stereocenters. The summed E-state index contributed by atoms with van der Waals surface area (Å²) in [5, 5.41) is 0.907. The van der Waals surface area contributed by atoms with E-state index in [1.54, 1.807) is 31.6 Å². The molecule has 0 fully saturated rings. The Bertz CT molecular complexity index is 1140. The SMILES string of the molecule is COc1cncc(-c2ccc3ncnc(-c4ccc(C(N)=O)cc4)c3c2)c1. The highest BCUT2D eigenvalue weighted by Crippen LogP contribution is 2.30. The van der Waals surface area contributed by atoms with Gasteiger partial charge in [0.1, 0.15) is 12.1 Å². The van der Waals surface area contributed by atoms with Crippen LogP contribution in [0.25, 0.3) is 33.3 Å². The highest BCUT2D eigenvalue weighted by atomic mass is 16.5. The Morgan fingerprint density at radius 2 is 1.70 bits per heavy atom. The molecule has 132 valence electrons. The van der Waals surface area contributed by atoms with E-state index in [-0.39, 0.29) is 0 Å². The summed E-state index contributed by atoms with van der Waals surface area (Å²) in [6.45, 7) is 0. The summed E-state index contributed by atoms with van der Waals surface area (Å²) < 4.78 is 5.26. The first kappa shape index (κ1) is 16.7. The fraction of sp³-hybridized carbons (Fsp3) is 0.0476. The number of nitrogens with zero attached hydrogens (tertiary/aromatic N) is 3. The Hall–Kier alpha value is -3.80. The molecule has 27 heavy (non-hydrogen) atoms. The zero-order valence-corrected chi connectivity index (χ0v) is 14.6. The van der Waals surface area contributed by atoms with Crippen molar-refractivity contribution in [3.8, 4) is 28.1 Å². The van der Waals surface area contributed by atoms with Crippen LogP contribution in [0.1, 0.15) is 10.4 Å². The lowest BCUT2D eigenvalue weighted by atomic mass is 10.0. The molecule has 0 saturated heterocycles. The van der Waals surface area contributed by atoms with E-state index in [4.69, 9.17) is 10.5 Å². The summed E-state index contributed by atoms with van der Waals surface area (Å²) in [5.74, 6) is 0.237. The largest absolute Gasteiger partial charge is 0.495 e. The number of amides is 1. The van der Waals surface area contributed by atoms with E-state index in [1.807, 2.05) is 36.4 Å². The summed E-state index contributed by atoms with van der Waals surface area (Å²) in [4.78, 5) is 24.3. The topological polar surface area (TPSA) is 91.0 Å². The number of aromatic nitrogens is 3. The summed E-state index contributed by atoms with van der Waals surface area (Å²) >= 11 is 0. The molecular formula is C21H16N4O2. The molecule has 0 radical (unpaired) electrons. The quantitative estimate of drug-likeness (QED) is 0.604. The molecule has 0 spiro atoms. The maximum atomic E-state index is 11.3. The van der Waals surface area contributed by atoms with E-state index in [2.05, 4.69) is 15.0 Å². The van der Waals surface area contributed by atoms with E-state index < -0.39 is 5.91 Å². The number of methoxy groups -OCH3 is 1. The van der Waals surface area contributed by atoms with Gasteiger partial charge in [0.25, 0.3) is 0 Å². The first-order valence-corrected chi connectivity index (χ1v) is 8.30. The Labute approximate surface area is 155 Å². The lowest BCUT2D eigenvalue weighted by Gasteiger charge is -2.09. The van der Waals surface area contributed by atoms with Crippen molar-refractivity contribution < 1.29 is 9.53 Å². The monoisotopic (exact) mass is 356 g/mol. The Morgan fingerprint density at radius 3 is 2.44 bits per heavy atom. The molecule has 0 aliphatic carbocycles. The number of ether oxygens (including phenoxy) is 1. The number of benzene rings is 2. The zero-order valence-electron chi connectivity index (χ0n) is 14.6. The van der Waals surface area contributed by atoms with Gasteiger partial charge in [-0.1, -0.05) is 18.2 Å². The maximum Gasteiger partial charge on any atom is 0.248 e. The Balaban J connectivity index is 1.85. The van der Waals surface area contributed by atoms with Crippen LogP contribution in [0.5, 0.6) is 5.75 Å². The second-order valence-corrected chi connectivity index (χ2v) is 6.01. The lowest BCUT2D eigenvalue weighted by Crippen LogP contribution is -2.10. The van der Waals surface area contributed by atoms with Gasteiger partial charge in [0.05, 0.1) is 24.5 Å². The first-order valence-electron chi connectivity index (χ1n) is 8.30. The highest BCUT2D eigenvalue weighted by Gasteiger charge is 2.10. The van der Waals surface area contributed by atoms with E-state index >= 15 is 0 Å². The van der Waals surface area contributed by atoms with Crippen molar-refractivity contribution in [2.45, 2.75) is 0 Å². The predicted octanol–water partition coefficient (Wildman–Crippen LogP) is 3.47. The van der Waals surface area contributed by atoms with E-state index in [0.29, 0.717) is 11.3 Å². The van der Waals surface area contributed by atoms with Gasteiger partial charge in [-0.15, -0.1) is 0 Å². The molecule has 0 aliphatic rings. The number of pyridine rings is 1. The molecule has 2 N–H and O–H groups in total. The van der Waals surface area contributed by atoms with Crippen molar-refractivity contribution in [1.29, 1.82) is 0 Å². The molecular weight excluding hydrogens is 340 g/mol. The van der Waals surface area contributed by atoms with Gasteiger partial charge in [-0.25, -0.2) is 9.97 Å². The third-order valence-corrected chi connectivity index (χ3v) is 4.36. The van der Waals surface area contributed by atoms with E-state index in [0.717, 1.165) is 33.3 Å². The van der Waals surface area contributed by atoms with Gasteiger partial charge >= 0.3 is 0 Å². The number of nitrogens with two attached hydrogens (primary N) is 1. The third kappa shape index (κ3) is 3.20. The number of carbonyl (C=O) groups excluding carboxylic acids is 1. The van der Waals surface area contributed by atoms with Crippen molar-refractivity contribution >= 4 is 16.8 Å². The van der Waals surface area contributed by atoms with Crippen LogP contribution in [0.2, 0.25) is 0 Å². The van der Waals surface area contributed by atoms with Crippen LogP contribution in [0.3, 0.4) is 0 Å². The normalized spacial score (nSPS) is 10.7. The number of hydrogen-bond acceptors (Lipinski definition) is 5. The lowest BCUT2D eigenvalue weighted by molar-refractivity contribution is 0.100. The van der Waals surface area contributed by atoms with Crippen LogP contribution in [-0.2, 0) is 0 Å². The zero-order chi connectivity index (χ0) is 18.8. The Kier molecular flexibility index (Phi) is 4.22. The first-order chi connectivity index (χ1) is 13.2. The molecule has 2 aromatic carbocycles. The fourth-order valence-corrected chi connectivity index (χ4v) is 2.95. The average molecular weight is 356 g/mol. The van der Waals surface area contributed by atoms with Crippen molar-refractivity contribution in [3.63, 3.8) is 0 Å². The summed E-state index contributed by atoms with van der Waals surface area (Å²) in [7, 11) is 1.61. The maximum absolute atomic E-state index is 11.3. The van der Waals surface area contributed by atoms with Gasteiger partial charge in [0.2, 0.25) is 5.91 Å². The number of primary amides is 1. The smallest absolute Gasteiger partial charge is 0.248 e. The predicted molar refractivity (Wildman–Crippen MR) is 103 cm³/mol. The summed E-state index contributed by atoms with van der Waals surface area (Å²) in [6, 6.07) is 15.0. The molecule has 2 aromatic heterocycles. The van der Waals surface area contributed by atoms with Crippen LogP contribution >= 0.6 is 0 Å². The highest BCUT2D eigenvalue weighted by molar-refractivity contribution is 5.96. The van der Waals surface area contributed by atoms with Gasteiger partial charge in [0.15, 0.2) is 0 Å². The molecule has 1 amide bonds. The minimum absolute atomic E-state index is 0.457. The summed E-state index contributed by atoms with van der Waals surface area (Å²) in [6.07, 6.45) is 4.99. The van der Waals surface area contributed by atoms with Crippen molar-refractivity contribution in [2.75, 3.05) is 7.11 Å². The van der Waals surface area contributed by atoms with Crippen molar-refractivity contribution in [2.24, 2.45) is 5.73 Å². The molecule has 0 saturated carbocycles. The molecule has 6 nitrogen and oxygen atoms in total. The number of fused-ring (bicyclic) bond motifs is 1. The van der Waals surface area contributed by atoms with Crippen LogP contribution in [-0.4, -0.2) is 28.0 Å². The molecule has 0 aliphatic heterocycles. The number of hydrogen-bond donors (Lipinski definition) is 1. The summed E-state index contributed by atoms with van der Waals surface area (Å²) in [5.41, 5.74) is 10.2. The second kappa shape index (κ2) is 6.84. The van der Waals surface area contributed by atoms with Crippen molar-refractivity contribution in [3.05, 3.63) is 72.8 Å². The second-order valence-electron chi connectivity index (χ2n) is 6.01. The van der Waals surface area contributed by atoms with Crippen LogP contribution in [0.4, 0.5) is 0 Å². The standard InChI is InChI=1S/C21H16N4O2/c1-27-17-8-16(10-23-11-17)15-6-7-19-18(9-15)20(25-12-24-19)13-2-4-14(5-3-13)21(22)26/h2-12H,1H3,(H2,22,26). The minimum atomic E-state index is -0.457. The van der Waals surface area contributed by atoms with Gasteiger partial charge < -0.3 is 10.5 Å². The van der Waals surface area contributed by atoms with Gasteiger partial charge in [0, 0.05) is 28.3 Å². The average Bonchev–Trinajstić information content (AvgIpc) is 2.73. The fourth-order valence-electron chi connectivity index (χ4n) is 2.95. The molecule has 6 heteroatoms. The third-order valence-electron chi connectivity index (χ3n) is 4.36. The molecule has 4 aromatic rings. The molecule has 0 bridgehead atoms. The van der Waals surface area contributed by atoms with Gasteiger partial charge in [-0.2, -0.15) is 0 Å². The van der Waals surface area contributed by atoms with Crippen LogP contribution in [0.15, 0.2) is 67.3 Å². The molecule has 0 unspecified atom stereocenters. The number of carbonyl (C=O) groups is 1. The minimum Gasteiger partial charge on any atom is -0.495 e.